The predicted molar refractivity (Wildman–Crippen MR) is 151 cm³/mol. The number of aliphatic hydroxyl groups is 3. The highest BCUT2D eigenvalue weighted by atomic mass is 16.5. The number of rotatable bonds is 5. The zero-order chi connectivity index (χ0) is 29.2. The topological polar surface area (TPSA) is 141 Å². The normalized spacial score (nSPS) is 26.1. The molecular formula is C33H34O8. The molecule has 214 valence electrons. The van der Waals surface area contributed by atoms with Gasteiger partial charge in [0.15, 0.2) is 17.2 Å². The van der Waals surface area contributed by atoms with E-state index in [1.54, 1.807) is 13.2 Å². The summed E-state index contributed by atoms with van der Waals surface area (Å²) in [5.74, 6) is -4.22. The van der Waals surface area contributed by atoms with Crippen molar-refractivity contribution in [2.45, 2.75) is 63.9 Å². The Morgan fingerprint density at radius 3 is 2.44 bits per heavy atom. The number of hydrogen-bond acceptors (Lipinski definition) is 8. The van der Waals surface area contributed by atoms with E-state index in [1.807, 2.05) is 6.07 Å². The van der Waals surface area contributed by atoms with E-state index in [-0.39, 0.29) is 36.1 Å². The second-order valence-corrected chi connectivity index (χ2v) is 12.0. The third-order valence-electron chi connectivity index (χ3n) is 9.61. The van der Waals surface area contributed by atoms with Crippen molar-refractivity contribution < 1.29 is 39.5 Å². The number of phenols is 1. The van der Waals surface area contributed by atoms with Gasteiger partial charge in [0.1, 0.15) is 28.6 Å². The summed E-state index contributed by atoms with van der Waals surface area (Å²) < 4.78 is 5.71. The fourth-order valence-corrected chi connectivity index (χ4v) is 7.62. The maximum absolute atomic E-state index is 13.8. The molecule has 4 aliphatic carbocycles. The number of hydrogen-bond donors (Lipinski definition) is 4. The average Bonchev–Trinajstić information content (AvgIpc) is 3.44. The first-order valence-corrected chi connectivity index (χ1v) is 14.3. The third kappa shape index (κ3) is 4.10. The first-order valence-electron chi connectivity index (χ1n) is 14.3. The van der Waals surface area contributed by atoms with Crippen molar-refractivity contribution in [1.29, 1.82) is 0 Å². The van der Waals surface area contributed by atoms with Crippen molar-refractivity contribution in [2.75, 3.05) is 7.11 Å². The van der Waals surface area contributed by atoms with Crippen LogP contribution in [0.25, 0.3) is 16.9 Å². The monoisotopic (exact) mass is 558 g/mol. The summed E-state index contributed by atoms with van der Waals surface area (Å²) in [5.41, 5.74) is 0.268. The van der Waals surface area contributed by atoms with E-state index in [0.29, 0.717) is 17.2 Å². The Bertz CT molecular complexity index is 1560. The molecule has 4 aliphatic rings. The Kier molecular flexibility index (Phi) is 6.57. The maximum Gasteiger partial charge on any atom is 0.202 e. The van der Waals surface area contributed by atoms with Crippen LogP contribution in [0.5, 0.6) is 11.5 Å². The molecule has 4 N–H and O–H groups in total. The second kappa shape index (κ2) is 9.87. The lowest BCUT2D eigenvalue weighted by molar-refractivity contribution is -0.147. The Balaban J connectivity index is 1.48. The minimum absolute atomic E-state index is 0.0922. The van der Waals surface area contributed by atoms with Crippen LogP contribution in [-0.4, -0.2) is 50.5 Å². The number of carbonyl (C=O) groups is 3. The van der Waals surface area contributed by atoms with Crippen molar-refractivity contribution in [3.8, 4) is 22.6 Å². The van der Waals surface area contributed by atoms with Gasteiger partial charge in [0.25, 0.3) is 0 Å². The van der Waals surface area contributed by atoms with E-state index in [4.69, 9.17) is 4.74 Å². The predicted octanol–water partition coefficient (Wildman–Crippen LogP) is 4.94. The molecule has 0 amide bonds. The molecule has 6 rings (SSSR count). The molecule has 3 atom stereocenters. The number of aromatic hydroxyl groups is 1. The molecule has 0 aliphatic heterocycles. The minimum Gasteiger partial charge on any atom is -0.508 e. The number of Topliss-reactive ketones (excluding diaryl/α,β-unsaturated/α-hetero) is 3. The molecule has 0 bridgehead atoms. The van der Waals surface area contributed by atoms with Crippen LogP contribution in [0.2, 0.25) is 0 Å². The molecule has 2 aromatic rings. The third-order valence-corrected chi connectivity index (χ3v) is 9.61. The van der Waals surface area contributed by atoms with E-state index in [2.05, 4.69) is 12.1 Å². The molecule has 2 fully saturated rings. The lowest BCUT2D eigenvalue weighted by atomic mass is 9.59. The molecule has 2 aromatic carbocycles. The van der Waals surface area contributed by atoms with Crippen LogP contribution in [0.3, 0.4) is 0 Å². The summed E-state index contributed by atoms with van der Waals surface area (Å²) in [5, 5.41) is 44.7. The molecule has 2 saturated carbocycles. The number of methoxy groups -OCH3 is 1. The number of benzene rings is 2. The van der Waals surface area contributed by atoms with Gasteiger partial charge in [-0.1, -0.05) is 37.8 Å². The van der Waals surface area contributed by atoms with Gasteiger partial charge in [0.05, 0.1) is 12.7 Å². The van der Waals surface area contributed by atoms with Gasteiger partial charge in [-0.2, -0.15) is 0 Å². The number of phenolic OH excluding ortho intramolecular Hbond substituents is 1. The molecule has 0 spiro atoms. The van der Waals surface area contributed by atoms with Gasteiger partial charge in [0.2, 0.25) is 5.78 Å². The Morgan fingerprint density at radius 2 is 1.76 bits per heavy atom. The number of ketones is 3. The quantitative estimate of drug-likeness (QED) is 0.379. The van der Waals surface area contributed by atoms with E-state index >= 15 is 0 Å². The Labute approximate surface area is 238 Å². The molecular weight excluding hydrogens is 524 g/mol. The van der Waals surface area contributed by atoms with Gasteiger partial charge < -0.3 is 25.2 Å². The van der Waals surface area contributed by atoms with Gasteiger partial charge in [-0.3, -0.25) is 14.4 Å². The first kappa shape index (κ1) is 27.3. The standard InChI is InChI=1S/C33H34O8/c1-16(34)27-25(36)15-20-13-19-14-23-21(22-12-18(7-10-26(22)41-2)11-17-5-3-4-6-17)8-9-24(35)29(23)30(37)28(19)32(39)33(20,40)31(27)38/h7-10,12,17,19-20,35,37-38,40H,3-6,11,13-15H2,1-2H3/t19-,20+,33-/m1/s1. The van der Waals surface area contributed by atoms with Crippen molar-refractivity contribution in [1.82, 2.24) is 0 Å². The van der Waals surface area contributed by atoms with Crippen molar-refractivity contribution >= 4 is 23.1 Å². The fourth-order valence-electron chi connectivity index (χ4n) is 7.62. The lowest BCUT2D eigenvalue weighted by Crippen LogP contribution is -2.57. The minimum atomic E-state index is -2.50. The van der Waals surface area contributed by atoms with Crippen molar-refractivity contribution in [3.05, 3.63) is 63.9 Å². The molecule has 8 nitrogen and oxygen atoms in total. The van der Waals surface area contributed by atoms with Crippen LogP contribution in [0, 0.1) is 17.8 Å². The number of fused-ring (bicyclic) bond motifs is 3. The van der Waals surface area contributed by atoms with Crippen molar-refractivity contribution in [3.63, 3.8) is 0 Å². The highest BCUT2D eigenvalue weighted by Gasteiger charge is 2.60. The fraction of sp³-hybridized carbons (Fsp3) is 0.424. The van der Waals surface area contributed by atoms with Crippen LogP contribution in [0.4, 0.5) is 0 Å². The SMILES string of the molecule is COc1ccc(CC2CCCC2)cc1-c1ccc(O)c2c1C[C@H]1C[C@H]3CC(=O)C(C(C)=O)=C(O)[C@@]3(O)C(=O)C1=C2O. The van der Waals surface area contributed by atoms with E-state index in [9.17, 15) is 34.8 Å². The summed E-state index contributed by atoms with van der Waals surface area (Å²) in [6, 6.07) is 9.34. The van der Waals surface area contributed by atoms with E-state index in [1.165, 1.54) is 37.3 Å². The molecule has 41 heavy (non-hydrogen) atoms. The second-order valence-electron chi connectivity index (χ2n) is 12.0. The maximum atomic E-state index is 13.8. The molecule has 0 heterocycles. The summed E-state index contributed by atoms with van der Waals surface area (Å²) >= 11 is 0. The molecule has 0 radical (unpaired) electrons. The molecule has 8 heteroatoms. The summed E-state index contributed by atoms with van der Waals surface area (Å²) in [6.45, 7) is 1.09. The van der Waals surface area contributed by atoms with Crippen molar-refractivity contribution in [2.24, 2.45) is 17.8 Å². The number of carbonyl (C=O) groups excluding carboxylic acids is 3. The zero-order valence-electron chi connectivity index (χ0n) is 23.2. The van der Waals surface area contributed by atoms with Crippen LogP contribution in [-0.2, 0) is 27.2 Å². The molecule has 0 saturated heterocycles. The summed E-state index contributed by atoms with van der Waals surface area (Å²) in [6.07, 6.45) is 5.97. The van der Waals surface area contributed by atoms with Gasteiger partial charge in [0, 0.05) is 23.5 Å². The Morgan fingerprint density at radius 1 is 1.02 bits per heavy atom. The smallest absolute Gasteiger partial charge is 0.202 e. The summed E-state index contributed by atoms with van der Waals surface area (Å²) in [4.78, 5) is 38.6. The van der Waals surface area contributed by atoms with Crippen LogP contribution in [0.1, 0.15) is 62.1 Å². The van der Waals surface area contributed by atoms with Crippen LogP contribution in [0.15, 0.2) is 47.2 Å². The van der Waals surface area contributed by atoms with Gasteiger partial charge in [-0.25, -0.2) is 0 Å². The molecule has 0 aromatic heterocycles. The molecule has 0 unspecified atom stereocenters. The summed E-state index contributed by atoms with van der Waals surface area (Å²) in [7, 11) is 1.59. The van der Waals surface area contributed by atoms with Gasteiger partial charge in [-0.05, 0) is 72.9 Å². The van der Waals surface area contributed by atoms with E-state index < -0.39 is 51.9 Å². The lowest BCUT2D eigenvalue weighted by Gasteiger charge is -2.46. The van der Waals surface area contributed by atoms with Crippen LogP contribution < -0.4 is 4.74 Å². The van der Waals surface area contributed by atoms with E-state index in [0.717, 1.165) is 24.5 Å². The highest BCUT2D eigenvalue weighted by molar-refractivity contribution is 6.23. The highest BCUT2D eigenvalue weighted by Crippen LogP contribution is 2.53. The van der Waals surface area contributed by atoms with Gasteiger partial charge >= 0.3 is 0 Å². The first-order chi connectivity index (χ1) is 19.6. The number of aliphatic hydroxyl groups excluding tert-OH is 2. The zero-order valence-corrected chi connectivity index (χ0v) is 23.2. The van der Waals surface area contributed by atoms with Gasteiger partial charge in [-0.15, -0.1) is 0 Å². The average molecular weight is 559 g/mol. The largest absolute Gasteiger partial charge is 0.508 e. The Hall–Kier alpha value is -3.91. The number of ether oxygens (including phenoxy) is 1. The van der Waals surface area contributed by atoms with Crippen LogP contribution >= 0.6 is 0 Å². The number of allylic oxidation sites excluding steroid dienone is 1.